The molecule has 0 saturated heterocycles. The van der Waals surface area contributed by atoms with Gasteiger partial charge in [-0.25, -0.2) is 4.98 Å². The van der Waals surface area contributed by atoms with Gasteiger partial charge in [0.2, 0.25) is 0 Å². The van der Waals surface area contributed by atoms with Crippen molar-refractivity contribution in [3.8, 4) is 0 Å². The minimum Gasteiger partial charge on any atom is -0.321 e. The number of rotatable bonds is 5. The highest BCUT2D eigenvalue weighted by Crippen LogP contribution is 2.33. The van der Waals surface area contributed by atoms with Crippen LogP contribution in [0.1, 0.15) is 31.0 Å². The van der Waals surface area contributed by atoms with Gasteiger partial charge in [0.1, 0.15) is 5.03 Å². The number of imidazole rings is 1. The van der Waals surface area contributed by atoms with Crippen molar-refractivity contribution in [3.05, 3.63) is 72.4 Å². The summed E-state index contributed by atoms with van der Waals surface area (Å²) in [4.78, 5) is 10.1. The summed E-state index contributed by atoms with van der Waals surface area (Å²) in [6, 6.07) is 14.5. The molecule has 22 heavy (non-hydrogen) atoms. The molecule has 0 radical (unpaired) electrons. The molecule has 0 unspecified atom stereocenters. The predicted molar refractivity (Wildman–Crippen MR) is 90.2 cm³/mol. The van der Waals surface area contributed by atoms with Crippen LogP contribution in [0.15, 0.2) is 71.1 Å². The van der Waals surface area contributed by atoms with E-state index in [4.69, 9.17) is 0 Å². The minimum absolute atomic E-state index is 0.404. The summed E-state index contributed by atoms with van der Waals surface area (Å²) in [5, 5.41) is 1.21. The molecule has 112 valence electrons. The van der Waals surface area contributed by atoms with Gasteiger partial charge in [-0.3, -0.25) is 4.98 Å². The second kappa shape index (κ2) is 6.79. The van der Waals surface area contributed by atoms with Gasteiger partial charge in [0.15, 0.2) is 0 Å². The molecule has 0 atom stereocenters. The summed E-state index contributed by atoms with van der Waals surface area (Å²) in [5.41, 5.74) is 2.34. The van der Waals surface area contributed by atoms with Crippen LogP contribution < -0.4 is 0 Å². The van der Waals surface area contributed by atoms with Gasteiger partial charge < -0.3 is 4.57 Å². The second-order valence-electron chi connectivity index (χ2n) is 5.49. The van der Waals surface area contributed by atoms with Crippen LogP contribution in [0.4, 0.5) is 0 Å². The third kappa shape index (κ3) is 3.39. The Labute approximate surface area is 135 Å². The van der Waals surface area contributed by atoms with Crippen LogP contribution in [0, 0.1) is 0 Å². The average molecular weight is 309 g/mol. The minimum atomic E-state index is 0.404. The van der Waals surface area contributed by atoms with Crippen molar-refractivity contribution in [1.82, 2.24) is 14.5 Å². The lowest BCUT2D eigenvalue weighted by molar-refractivity contribution is 0.706. The molecule has 0 spiro atoms. The first-order valence-corrected chi connectivity index (χ1v) is 8.22. The van der Waals surface area contributed by atoms with Crippen LogP contribution in [0.2, 0.25) is 0 Å². The summed E-state index contributed by atoms with van der Waals surface area (Å²) in [7, 11) is 0. The second-order valence-corrected chi connectivity index (χ2v) is 6.56. The molecule has 0 fully saturated rings. The molecule has 2 heterocycles. The Morgan fingerprint density at radius 2 is 1.91 bits per heavy atom. The maximum absolute atomic E-state index is 4.63. The van der Waals surface area contributed by atoms with Crippen molar-refractivity contribution in [1.29, 1.82) is 0 Å². The molecule has 1 aromatic carbocycles. The Morgan fingerprint density at radius 1 is 1.09 bits per heavy atom. The summed E-state index contributed by atoms with van der Waals surface area (Å²) < 4.78 is 2.21. The molecule has 2 aromatic heterocycles. The van der Waals surface area contributed by atoms with E-state index in [0.29, 0.717) is 5.92 Å². The number of hydrogen-bond donors (Lipinski definition) is 0. The van der Waals surface area contributed by atoms with Gasteiger partial charge in [-0.05, 0) is 29.7 Å². The third-order valence-electron chi connectivity index (χ3n) is 3.40. The van der Waals surface area contributed by atoms with Crippen molar-refractivity contribution in [3.63, 3.8) is 0 Å². The molecule has 0 bridgehead atoms. The highest BCUT2D eigenvalue weighted by atomic mass is 32.2. The van der Waals surface area contributed by atoms with Crippen LogP contribution in [-0.4, -0.2) is 14.5 Å². The topological polar surface area (TPSA) is 30.7 Å². The van der Waals surface area contributed by atoms with E-state index in [1.807, 2.05) is 24.7 Å². The Kier molecular flexibility index (Phi) is 4.59. The van der Waals surface area contributed by atoms with E-state index >= 15 is 0 Å². The summed E-state index contributed by atoms with van der Waals surface area (Å²) in [6.07, 6.45) is 5.65. The van der Waals surface area contributed by atoms with Gasteiger partial charge >= 0.3 is 0 Å². The normalized spacial score (nSPS) is 11.0. The van der Waals surface area contributed by atoms with Gasteiger partial charge in [-0.2, -0.15) is 0 Å². The van der Waals surface area contributed by atoms with E-state index in [9.17, 15) is 0 Å². The zero-order valence-electron chi connectivity index (χ0n) is 12.8. The van der Waals surface area contributed by atoms with E-state index < -0.39 is 0 Å². The first-order valence-electron chi connectivity index (χ1n) is 7.41. The fraction of sp³-hybridized carbons (Fsp3) is 0.222. The third-order valence-corrected chi connectivity index (χ3v) is 4.54. The molecular weight excluding hydrogens is 290 g/mol. The lowest BCUT2D eigenvalue weighted by atomic mass is 10.1. The Bertz CT molecular complexity index is 721. The zero-order chi connectivity index (χ0) is 15.4. The number of pyridine rings is 1. The van der Waals surface area contributed by atoms with Crippen molar-refractivity contribution in [2.75, 3.05) is 0 Å². The van der Waals surface area contributed by atoms with E-state index in [1.54, 1.807) is 18.0 Å². The van der Waals surface area contributed by atoms with Crippen LogP contribution in [0.25, 0.3) is 0 Å². The fourth-order valence-corrected chi connectivity index (χ4v) is 3.43. The molecule has 3 rings (SSSR count). The van der Waals surface area contributed by atoms with Crippen molar-refractivity contribution >= 4 is 11.8 Å². The highest BCUT2D eigenvalue weighted by Gasteiger charge is 2.15. The molecule has 3 aromatic rings. The van der Waals surface area contributed by atoms with E-state index in [1.165, 1.54) is 15.5 Å². The maximum Gasteiger partial charge on any atom is 0.103 e. The van der Waals surface area contributed by atoms with E-state index in [0.717, 1.165) is 12.2 Å². The summed E-state index contributed by atoms with van der Waals surface area (Å²) >= 11 is 1.78. The van der Waals surface area contributed by atoms with Crippen LogP contribution in [0.5, 0.6) is 0 Å². The van der Waals surface area contributed by atoms with Crippen LogP contribution >= 0.6 is 11.8 Å². The lowest BCUT2D eigenvalue weighted by Gasteiger charge is -2.11. The number of benzene rings is 1. The van der Waals surface area contributed by atoms with Crippen molar-refractivity contribution in [2.24, 2.45) is 0 Å². The largest absolute Gasteiger partial charge is 0.321 e. The van der Waals surface area contributed by atoms with Gasteiger partial charge in [0.05, 0.1) is 18.6 Å². The smallest absolute Gasteiger partial charge is 0.103 e. The fourth-order valence-electron chi connectivity index (χ4n) is 2.29. The molecule has 0 aliphatic rings. The SMILES string of the molecule is CC(C)c1ncn(Cc2cccnc2)c1Sc1ccccc1. The number of hydrogen-bond acceptors (Lipinski definition) is 3. The standard InChI is InChI=1S/C18H19N3S/c1-14(2)17-18(22-16-8-4-3-5-9-16)21(13-20-17)12-15-7-6-10-19-11-15/h3-11,13-14H,12H2,1-2H3. The molecule has 0 aliphatic heterocycles. The average Bonchev–Trinajstić information content (AvgIpc) is 2.92. The molecule has 0 N–H and O–H groups in total. The molecule has 4 heteroatoms. The van der Waals surface area contributed by atoms with Crippen LogP contribution in [0.3, 0.4) is 0 Å². The maximum atomic E-state index is 4.63. The van der Waals surface area contributed by atoms with Gasteiger partial charge in [0, 0.05) is 17.3 Å². The Morgan fingerprint density at radius 3 is 2.59 bits per heavy atom. The number of aromatic nitrogens is 3. The van der Waals surface area contributed by atoms with E-state index in [2.05, 4.69) is 58.7 Å². The van der Waals surface area contributed by atoms with Crippen molar-refractivity contribution < 1.29 is 0 Å². The predicted octanol–water partition coefficient (Wildman–Crippen LogP) is 4.60. The van der Waals surface area contributed by atoms with Gasteiger partial charge in [0.25, 0.3) is 0 Å². The molecule has 0 saturated carbocycles. The first-order chi connectivity index (χ1) is 10.7. The first kappa shape index (κ1) is 14.9. The van der Waals surface area contributed by atoms with E-state index in [-0.39, 0.29) is 0 Å². The summed E-state index contributed by atoms with van der Waals surface area (Å²) in [6.45, 7) is 5.17. The molecular formula is C18H19N3S. The quantitative estimate of drug-likeness (QED) is 0.690. The van der Waals surface area contributed by atoms with Crippen LogP contribution in [-0.2, 0) is 6.54 Å². The molecule has 0 aliphatic carbocycles. The monoisotopic (exact) mass is 309 g/mol. The zero-order valence-corrected chi connectivity index (χ0v) is 13.6. The highest BCUT2D eigenvalue weighted by molar-refractivity contribution is 7.99. The molecule has 3 nitrogen and oxygen atoms in total. The Balaban J connectivity index is 1.93. The number of nitrogens with zero attached hydrogens (tertiary/aromatic N) is 3. The van der Waals surface area contributed by atoms with Gasteiger partial charge in [-0.1, -0.05) is 49.9 Å². The van der Waals surface area contributed by atoms with Crippen molar-refractivity contribution in [2.45, 2.75) is 36.2 Å². The molecule has 0 amide bonds. The lowest BCUT2D eigenvalue weighted by Crippen LogP contribution is -2.01. The Hall–Kier alpha value is -2.07. The van der Waals surface area contributed by atoms with Gasteiger partial charge in [-0.15, -0.1) is 0 Å². The summed E-state index contributed by atoms with van der Waals surface area (Å²) in [5.74, 6) is 0.404.